The fourth-order valence-electron chi connectivity index (χ4n) is 2.41. The number of pyridine rings is 1. The molecule has 1 aliphatic heterocycles. The van der Waals surface area contributed by atoms with Crippen molar-refractivity contribution in [3.05, 3.63) is 17.8 Å². The van der Waals surface area contributed by atoms with E-state index in [2.05, 4.69) is 15.3 Å². The predicted octanol–water partition coefficient (Wildman–Crippen LogP) is 0.773. The van der Waals surface area contributed by atoms with Gasteiger partial charge in [0.15, 0.2) is 5.65 Å². The Hall–Kier alpha value is -2.11. The van der Waals surface area contributed by atoms with E-state index in [0.29, 0.717) is 11.6 Å². The van der Waals surface area contributed by atoms with Crippen LogP contribution in [0.15, 0.2) is 12.3 Å². The standard InChI is InChI=1S/C12H15N5O/c1-7-5-8-10(15-6-7)17(12(13)16-8)9-3-2-4-14-11(9)18/h5-6,9H,2-4H2,1H3,(H2,13,16)(H,14,18). The number of aryl methyl sites for hydroxylation is 1. The lowest BCUT2D eigenvalue weighted by Gasteiger charge is -2.23. The highest BCUT2D eigenvalue weighted by Gasteiger charge is 2.27. The smallest absolute Gasteiger partial charge is 0.243 e. The number of carbonyl (C=O) groups excluding carboxylic acids is 1. The molecular formula is C12H15N5O. The van der Waals surface area contributed by atoms with Crippen LogP contribution in [0.5, 0.6) is 0 Å². The van der Waals surface area contributed by atoms with Crippen molar-refractivity contribution >= 4 is 23.0 Å². The Labute approximate surface area is 104 Å². The highest BCUT2D eigenvalue weighted by molar-refractivity contribution is 5.84. The predicted molar refractivity (Wildman–Crippen MR) is 68.0 cm³/mol. The largest absolute Gasteiger partial charge is 0.369 e. The van der Waals surface area contributed by atoms with Crippen molar-refractivity contribution in [3.63, 3.8) is 0 Å². The molecule has 1 saturated heterocycles. The van der Waals surface area contributed by atoms with Gasteiger partial charge in [-0.05, 0) is 31.4 Å². The molecule has 94 valence electrons. The minimum absolute atomic E-state index is 0.00498. The molecule has 1 unspecified atom stereocenters. The maximum Gasteiger partial charge on any atom is 0.243 e. The summed E-state index contributed by atoms with van der Waals surface area (Å²) in [6.07, 6.45) is 3.49. The van der Waals surface area contributed by atoms with Gasteiger partial charge in [0.05, 0.1) is 0 Å². The summed E-state index contributed by atoms with van der Waals surface area (Å²) in [6.45, 7) is 2.68. The number of amides is 1. The second-order valence-electron chi connectivity index (χ2n) is 4.64. The first kappa shape index (κ1) is 11.0. The number of aromatic nitrogens is 3. The van der Waals surface area contributed by atoms with Gasteiger partial charge in [0.1, 0.15) is 11.6 Å². The van der Waals surface area contributed by atoms with Crippen molar-refractivity contribution in [3.8, 4) is 0 Å². The van der Waals surface area contributed by atoms with E-state index in [9.17, 15) is 4.79 Å². The molecule has 1 amide bonds. The van der Waals surface area contributed by atoms with Crippen LogP contribution in [-0.2, 0) is 4.79 Å². The molecule has 1 fully saturated rings. The monoisotopic (exact) mass is 245 g/mol. The minimum Gasteiger partial charge on any atom is -0.369 e. The molecule has 0 spiro atoms. The summed E-state index contributed by atoms with van der Waals surface area (Å²) in [5, 5.41) is 2.85. The molecular weight excluding hydrogens is 230 g/mol. The van der Waals surface area contributed by atoms with Crippen molar-refractivity contribution in [2.24, 2.45) is 0 Å². The lowest BCUT2D eigenvalue weighted by Crippen LogP contribution is -2.38. The van der Waals surface area contributed by atoms with Crippen molar-refractivity contribution in [2.75, 3.05) is 12.3 Å². The number of nitrogens with two attached hydrogens (primary N) is 1. The summed E-state index contributed by atoms with van der Waals surface area (Å²) in [7, 11) is 0. The average Bonchev–Trinajstić information content (AvgIpc) is 2.65. The minimum atomic E-state index is -0.293. The van der Waals surface area contributed by atoms with Crippen LogP contribution in [0.3, 0.4) is 0 Å². The van der Waals surface area contributed by atoms with E-state index in [-0.39, 0.29) is 11.9 Å². The zero-order valence-corrected chi connectivity index (χ0v) is 10.2. The molecule has 18 heavy (non-hydrogen) atoms. The normalized spacial score (nSPS) is 20.1. The summed E-state index contributed by atoms with van der Waals surface area (Å²) < 4.78 is 1.74. The molecule has 3 rings (SSSR count). The summed E-state index contributed by atoms with van der Waals surface area (Å²) in [5.74, 6) is 0.347. The number of imidazole rings is 1. The third-order valence-electron chi connectivity index (χ3n) is 3.26. The van der Waals surface area contributed by atoms with E-state index in [1.54, 1.807) is 10.8 Å². The van der Waals surface area contributed by atoms with E-state index in [1.165, 1.54) is 0 Å². The van der Waals surface area contributed by atoms with Gasteiger partial charge in [0, 0.05) is 12.7 Å². The molecule has 1 atom stereocenters. The van der Waals surface area contributed by atoms with Crippen LogP contribution >= 0.6 is 0 Å². The number of piperidine rings is 1. The zero-order valence-electron chi connectivity index (χ0n) is 10.2. The SMILES string of the molecule is Cc1cnc2c(c1)nc(N)n2C1CCCNC1=O. The highest BCUT2D eigenvalue weighted by Crippen LogP contribution is 2.26. The van der Waals surface area contributed by atoms with Crippen LogP contribution < -0.4 is 11.1 Å². The van der Waals surface area contributed by atoms with E-state index in [0.717, 1.165) is 30.5 Å². The van der Waals surface area contributed by atoms with Gasteiger partial charge in [-0.2, -0.15) is 0 Å². The summed E-state index contributed by atoms with van der Waals surface area (Å²) in [6, 6.07) is 1.63. The lowest BCUT2D eigenvalue weighted by atomic mass is 10.1. The Kier molecular flexibility index (Phi) is 2.43. The van der Waals surface area contributed by atoms with Gasteiger partial charge in [0.2, 0.25) is 11.9 Å². The Morgan fingerprint density at radius 1 is 1.56 bits per heavy atom. The summed E-state index contributed by atoms with van der Waals surface area (Å²) >= 11 is 0. The Morgan fingerprint density at radius 2 is 2.39 bits per heavy atom. The Balaban J connectivity index is 2.15. The van der Waals surface area contributed by atoms with Crippen LogP contribution in [0, 0.1) is 6.92 Å². The van der Waals surface area contributed by atoms with Gasteiger partial charge >= 0.3 is 0 Å². The second-order valence-corrected chi connectivity index (χ2v) is 4.64. The van der Waals surface area contributed by atoms with Crippen LogP contribution in [0.1, 0.15) is 24.4 Å². The van der Waals surface area contributed by atoms with E-state index >= 15 is 0 Å². The quantitative estimate of drug-likeness (QED) is 0.777. The maximum atomic E-state index is 11.9. The van der Waals surface area contributed by atoms with Crippen LogP contribution in [0.25, 0.3) is 11.2 Å². The number of nitrogens with one attached hydrogen (secondary N) is 1. The first-order chi connectivity index (χ1) is 8.66. The van der Waals surface area contributed by atoms with E-state index < -0.39 is 0 Å². The average molecular weight is 245 g/mol. The van der Waals surface area contributed by atoms with Gasteiger partial charge in [-0.1, -0.05) is 0 Å². The molecule has 3 heterocycles. The first-order valence-electron chi connectivity index (χ1n) is 6.04. The molecule has 2 aromatic heterocycles. The molecule has 0 aromatic carbocycles. The highest BCUT2D eigenvalue weighted by atomic mass is 16.2. The van der Waals surface area contributed by atoms with Crippen LogP contribution in [-0.4, -0.2) is 27.0 Å². The number of hydrogen-bond donors (Lipinski definition) is 2. The zero-order chi connectivity index (χ0) is 12.7. The third kappa shape index (κ3) is 1.61. The fourth-order valence-corrected chi connectivity index (χ4v) is 2.41. The van der Waals surface area contributed by atoms with Crippen molar-refractivity contribution in [1.29, 1.82) is 0 Å². The van der Waals surface area contributed by atoms with Crippen LogP contribution in [0.2, 0.25) is 0 Å². The topological polar surface area (TPSA) is 85.8 Å². The summed E-state index contributed by atoms with van der Waals surface area (Å²) in [5.41, 5.74) is 8.38. The molecule has 0 bridgehead atoms. The molecule has 0 saturated carbocycles. The van der Waals surface area contributed by atoms with Crippen molar-refractivity contribution < 1.29 is 4.79 Å². The van der Waals surface area contributed by atoms with Crippen molar-refractivity contribution in [2.45, 2.75) is 25.8 Å². The van der Waals surface area contributed by atoms with Gasteiger partial charge in [0.25, 0.3) is 0 Å². The van der Waals surface area contributed by atoms with Gasteiger partial charge in [-0.3, -0.25) is 9.36 Å². The Bertz CT molecular complexity index is 618. The fraction of sp³-hybridized carbons (Fsp3) is 0.417. The maximum absolute atomic E-state index is 11.9. The number of fused-ring (bicyclic) bond motifs is 1. The third-order valence-corrected chi connectivity index (χ3v) is 3.26. The molecule has 6 nitrogen and oxygen atoms in total. The van der Waals surface area contributed by atoms with Gasteiger partial charge in [-0.15, -0.1) is 0 Å². The van der Waals surface area contributed by atoms with Crippen LogP contribution in [0.4, 0.5) is 5.95 Å². The molecule has 0 radical (unpaired) electrons. The number of carbonyl (C=O) groups is 1. The second kappa shape index (κ2) is 3.97. The summed E-state index contributed by atoms with van der Waals surface area (Å²) in [4.78, 5) is 20.5. The molecule has 0 aliphatic carbocycles. The molecule has 6 heteroatoms. The van der Waals surface area contributed by atoms with E-state index in [1.807, 2.05) is 13.0 Å². The Morgan fingerprint density at radius 3 is 3.17 bits per heavy atom. The first-order valence-corrected chi connectivity index (χ1v) is 6.04. The molecule has 1 aliphatic rings. The van der Waals surface area contributed by atoms with E-state index in [4.69, 9.17) is 5.73 Å². The number of nitrogens with zero attached hydrogens (tertiary/aromatic N) is 3. The molecule has 2 aromatic rings. The number of nitrogen functional groups attached to an aromatic ring is 1. The molecule has 3 N–H and O–H groups in total. The number of hydrogen-bond acceptors (Lipinski definition) is 4. The van der Waals surface area contributed by atoms with Crippen molar-refractivity contribution in [1.82, 2.24) is 19.9 Å². The lowest BCUT2D eigenvalue weighted by molar-refractivity contribution is -0.125. The number of rotatable bonds is 1. The van der Waals surface area contributed by atoms with Gasteiger partial charge in [-0.25, -0.2) is 9.97 Å². The number of anilines is 1. The van der Waals surface area contributed by atoms with Gasteiger partial charge < -0.3 is 11.1 Å².